The van der Waals surface area contributed by atoms with Crippen molar-refractivity contribution in [3.63, 3.8) is 0 Å². The van der Waals surface area contributed by atoms with E-state index in [9.17, 15) is 0 Å². The summed E-state index contributed by atoms with van der Waals surface area (Å²) < 4.78 is 0. The van der Waals surface area contributed by atoms with Gasteiger partial charge in [-0.15, -0.1) is 0 Å². The van der Waals surface area contributed by atoms with Crippen molar-refractivity contribution < 1.29 is 0 Å². The number of hydrogen-bond acceptors (Lipinski definition) is 3. The van der Waals surface area contributed by atoms with E-state index in [1.54, 1.807) is 0 Å². The van der Waals surface area contributed by atoms with Crippen LogP contribution in [-0.4, -0.2) is 9.97 Å². The molecule has 2 aliphatic rings. The minimum atomic E-state index is -0.0507. The van der Waals surface area contributed by atoms with Crippen LogP contribution in [0.5, 0.6) is 0 Å². The second-order valence-corrected chi connectivity index (χ2v) is 14.6. The minimum Gasteiger partial charge on any atom is -0.372 e. The Kier molecular flexibility index (Phi) is 7.56. The largest absolute Gasteiger partial charge is 0.372 e. The van der Waals surface area contributed by atoms with E-state index in [0.717, 1.165) is 50.5 Å². The van der Waals surface area contributed by atoms with E-state index in [1.807, 2.05) is 6.07 Å². The van der Waals surface area contributed by atoms with Gasteiger partial charge in [0, 0.05) is 27.8 Å². The lowest BCUT2D eigenvalue weighted by molar-refractivity contribution is 0.705. The topological polar surface area (TPSA) is 37.8 Å². The molecule has 0 bridgehead atoms. The summed E-state index contributed by atoms with van der Waals surface area (Å²) in [5, 5.41) is 9.88. The Morgan fingerprint density at radius 2 is 1.00 bits per heavy atom. The molecule has 7 aromatic carbocycles. The maximum atomic E-state index is 5.38. The maximum absolute atomic E-state index is 5.38. The summed E-state index contributed by atoms with van der Waals surface area (Å²) in [6.07, 6.45) is 8.85. The molecule has 9 aromatic rings. The van der Waals surface area contributed by atoms with Crippen LogP contribution < -0.4 is 5.32 Å². The molecule has 0 amide bonds. The summed E-state index contributed by atoms with van der Waals surface area (Å²) in [6, 6.07) is 62.6. The highest BCUT2D eigenvalue weighted by molar-refractivity contribution is 6.20. The Morgan fingerprint density at radius 1 is 0.411 bits per heavy atom. The number of fused-ring (bicyclic) bond motifs is 7. The molecule has 0 fully saturated rings. The first-order valence-electron chi connectivity index (χ1n) is 19.2. The highest BCUT2D eigenvalue weighted by Crippen LogP contribution is 2.44. The zero-order valence-corrected chi connectivity index (χ0v) is 30.5. The molecule has 1 N–H and O–H groups in total. The van der Waals surface area contributed by atoms with Crippen LogP contribution >= 0.6 is 0 Å². The van der Waals surface area contributed by atoms with E-state index in [-0.39, 0.29) is 6.04 Å². The second-order valence-electron chi connectivity index (χ2n) is 14.6. The minimum absolute atomic E-state index is 0.0507. The van der Waals surface area contributed by atoms with Crippen molar-refractivity contribution >= 4 is 44.2 Å². The Hall–Kier alpha value is -7.36. The SMILES string of the molecule is C1=Cc2ccc(-c3ccccc3)nc2C2NC(c3ccc(-c4cc5nc(-c6ccccc6)cc(-c6ccccc6)c5c5ccccc45)c4ccccc34)=CC=C12. The third kappa shape index (κ3) is 5.36. The summed E-state index contributed by atoms with van der Waals surface area (Å²) in [5.74, 6) is 0. The number of allylic oxidation sites excluding steroid dienone is 2. The van der Waals surface area contributed by atoms with E-state index in [2.05, 4.69) is 199 Å². The van der Waals surface area contributed by atoms with Crippen molar-refractivity contribution in [1.29, 1.82) is 0 Å². The molecule has 3 heteroatoms. The van der Waals surface area contributed by atoms with Crippen LogP contribution in [0.25, 0.3) is 89.0 Å². The number of aromatic nitrogens is 2. The second kappa shape index (κ2) is 13.2. The summed E-state index contributed by atoms with van der Waals surface area (Å²) in [6.45, 7) is 0. The van der Waals surface area contributed by atoms with Crippen molar-refractivity contribution in [3.8, 4) is 44.8 Å². The molecule has 1 aliphatic carbocycles. The first-order chi connectivity index (χ1) is 27.8. The lowest BCUT2D eigenvalue weighted by Crippen LogP contribution is -2.27. The Labute approximate surface area is 325 Å². The molecule has 0 saturated carbocycles. The van der Waals surface area contributed by atoms with Crippen LogP contribution in [0.1, 0.15) is 22.9 Å². The van der Waals surface area contributed by atoms with Crippen LogP contribution in [0.4, 0.5) is 0 Å². The maximum Gasteiger partial charge on any atom is 0.0946 e. The van der Waals surface area contributed by atoms with Gasteiger partial charge in [-0.25, -0.2) is 9.97 Å². The first-order valence-corrected chi connectivity index (χ1v) is 19.2. The van der Waals surface area contributed by atoms with Crippen molar-refractivity contribution in [2.75, 3.05) is 0 Å². The monoisotopic (exact) mass is 713 g/mol. The molecule has 1 unspecified atom stereocenters. The van der Waals surface area contributed by atoms with Crippen molar-refractivity contribution in [1.82, 2.24) is 15.3 Å². The number of pyridine rings is 2. The van der Waals surface area contributed by atoms with Crippen LogP contribution in [-0.2, 0) is 0 Å². The normalized spacial score (nSPS) is 14.5. The quantitative estimate of drug-likeness (QED) is 0.180. The summed E-state index contributed by atoms with van der Waals surface area (Å²) in [5.41, 5.74) is 15.5. The van der Waals surface area contributed by atoms with E-state index in [0.29, 0.717) is 0 Å². The van der Waals surface area contributed by atoms with Gasteiger partial charge >= 0.3 is 0 Å². The van der Waals surface area contributed by atoms with Gasteiger partial charge in [0.2, 0.25) is 0 Å². The van der Waals surface area contributed by atoms with Crippen molar-refractivity contribution in [2.24, 2.45) is 0 Å². The number of nitrogens with zero attached hydrogens (tertiary/aromatic N) is 2. The van der Waals surface area contributed by atoms with Gasteiger partial charge in [0.1, 0.15) is 0 Å². The van der Waals surface area contributed by atoms with Gasteiger partial charge in [-0.3, -0.25) is 0 Å². The number of dihydropyridines is 1. The molecule has 3 heterocycles. The lowest BCUT2D eigenvalue weighted by atomic mass is 9.86. The van der Waals surface area contributed by atoms with E-state index in [1.165, 1.54) is 54.8 Å². The van der Waals surface area contributed by atoms with Crippen LogP contribution in [0.2, 0.25) is 0 Å². The Balaban J connectivity index is 1.07. The van der Waals surface area contributed by atoms with Crippen LogP contribution in [0.3, 0.4) is 0 Å². The molecule has 1 aliphatic heterocycles. The first kappa shape index (κ1) is 32.1. The van der Waals surface area contributed by atoms with E-state index in [4.69, 9.17) is 9.97 Å². The highest BCUT2D eigenvalue weighted by atomic mass is 15.0. The van der Waals surface area contributed by atoms with Gasteiger partial charge in [0.25, 0.3) is 0 Å². The van der Waals surface area contributed by atoms with Gasteiger partial charge in [0.15, 0.2) is 0 Å². The van der Waals surface area contributed by atoms with Gasteiger partial charge in [-0.05, 0) is 79.2 Å². The third-order valence-electron chi connectivity index (χ3n) is 11.3. The average Bonchev–Trinajstić information content (AvgIpc) is 3.28. The molecule has 11 rings (SSSR count). The van der Waals surface area contributed by atoms with Crippen molar-refractivity contribution in [2.45, 2.75) is 6.04 Å². The fraction of sp³-hybridized carbons (Fsp3) is 0.0189. The zero-order chi connectivity index (χ0) is 37.0. The zero-order valence-electron chi connectivity index (χ0n) is 30.5. The molecular weight excluding hydrogens is 679 g/mol. The molecule has 262 valence electrons. The third-order valence-corrected chi connectivity index (χ3v) is 11.3. The molecule has 2 aromatic heterocycles. The van der Waals surface area contributed by atoms with E-state index >= 15 is 0 Å². The molecular formula is C53H35N3. The van der Waals surface area contributed by atoms with E-state index < -0.39 is 0 Å². The predicted octanol–water partition coefficient (Wildman–Crippen LogP) is 13.2. The van der Waals surface area contributed by atoms with Crippen LogP contribution in [0.15, 0.2) is 200 Å². The molecule has 0 spiro atoms. The van der Waals surface area contributed by atoms with Gasteiger partial charge < -0.3 is 5.32 Å². The Morgan fingerprint density at radius 3 is 1.71 bits per heavy atom. The number of hydrogen-bond donors (Lipinski definition) is 1. The van der Waals surface area contributed by atoms with Crippen molar-refractivity contribution in [3.05, 3.63) is 217 Å². The highest BCUT2D eigenvalue weighted by Gasteiger charge is 2.27. The van der Waals surface area contributed by atoms with Gasteiger partial charge in [0.05, 0.1) is 28.6 Å². The van der Waals surface area contributed by atoms with Gasteiger partial charge in [-0.1, -0.05) is 176 Å². The van der Waals surface area contributed by atoms with Gasteiger partial charge in [-0.2, -0.15) is 0 Å². The average molecular weight is 714 g/mol. The summed E-state index contributed by atoms with van der Waals surface area (Å²) >= 11 is 0. The predicted molar refractivity (Wildman–Crippen MR) is 234 cm³/mol. The van der Waals surface area contributed by atoms with Crippen LogP contribution in [0, 0.1) is 0 Å². The fourth-order valence-electron chi connectivity index (χ4n) is 8.62. The molecule has 3 nitrogen and oxygen atoms in total. The number of rotatable bonds is 5. The molecule has 1 atom stereocenters. The number of nitrogens with one attached hydrogen (secondary N) is 1. The number of benzene rings is 7. The lowest BCUT2D eigenvalue weighted by Gasteiger charge is -2.30. The smallest absolute Gasteiger partial charge is 0.0946 e. The molecule has 0 radical (unpaired) electrons. The molecule has 0 saturated heterocycles. The Bertz CT molecular complexity index is 3090. The summed E-state index contributed by atoms with van der Waals surface area (Å²) in [7, 11) is 0. The standard InChI is InChI=1S/C53H35N3/c1-4-14-34(15-5-1)45-32-49(36-18-8-3-9-19-36)54-50-33-46(41-22-12-13-23-44(41)51(45)50)42-28-29-43(40-21-11-10-20-39(40)42)48-31-27-38-25-24-37-26-30-47(35-16-6-2-7-17-35)55-52(37)53(38)56-48/h1-33,53,56H. The summed E-state index contributed by atoms with van der Waals surface area (Å²) in [4.78, 5) is 10.6. The fourth-order valence-corrected chi connectivity index (χ4v) is 8.62. The molecule has 56 heavy (non-hydrogen) atoms.